The van der Waals surface area contributed by atoms with Gasteiger partial charge in [-0.25, -0.2) is 0 Å². The first-order valence-electron chi connectivity index (χ1n) is 10.1. The zero-order valence-electron chi connectivity index (χ0n) is 16.8. The number of carbonyl (C=O) groups is 1. The summed E-state index contributed by atoms with van der Waals surface area (Å²) in [5, 5.41) is 22.7. The highest BCUT2D eigenvalue weighted by atomic mass is 16.6. The first-order valence-corrected chi connectivity index (χ1v) is 10.1. The molecule has 30 heavy (non-hydrogen) atoms. The number of anilines is 1. The van der Waals surface area contributed by atoms with Crippen molar-refractivity contribution >= 4 is 22.9 Å². The van der Waals surface area contributed by atoms with Gasteiger partial charge in [0.1, 0.15) is 11.5 Å². The van der Waals surface area contributed by atoms with Crippen molar-refractivity contribution in [2.24, 2.45) is 5.92 Å². The van der Waals surface area contributed by atoms with E-state index in [1.54, 1.807) is 12.1 Å². The molecule has 2 aromatic heterocycles. The molecule has 156 valence electrons. The molecule has 0 aliphatic carbocycles. The number of carbonyl (C=O) groups excluding carboxylic acids is 1. The van der Waals surface area contributed by atoms with Crippen LogP contribution in [0.25, 0.3) is 5.65 Å². The van der Waals surface area contributed by atoms with Gasteiger partial charge in [-0.3, -0.25) is 19.3 Å². The molecule has 1 aliphatic heterocycles. The van der Waals surface area contributed by atoms with Crippen molar-refractivity contribution in [1.29, 1.82) is 0 Å². The summed E-state index contributed by atoms with van der Waals surface area (Å²) in [7, 11) is 0. The van der Waals surface area contributed by atoms with Gasteiger partial charge in [-0.15, -0.1) is 10.2 Å². The molecule has 0 radical (unpaired) electrons. The highest BCUT2D eigenvalue weighted by Crippen LogP contribution is 2.32. The summed E-state index contributed by atoms with van der Waals surface area (Å²) in [6.07, 6.45) is 4.40. The van der Waals surface area contributed by atoms with Crippen molar-refractivity contribution in [2.75, 3.05) is 24.5 Å². The lowest BCUT2D eigenvalue weighted by atomic mass is 9.98. The molecule has 1 N–H and O–H groups in total. The molecular weight excluding hydrogens is 384 g/mol. The molecule has 0 saturated carbocycles. The molecule has 1 saturated heterocycles. The molecule has 0 spiro atoms. The van der Waals surface area contributed by atoms with E-state index in [2.05, 4.69) is 22.4 Å². The van der Waals surface area contributed by atoms with E-state index in [1.165, 1.54) is 6.07 Å². The fraction of sp³-hybridized carbons (Fsp3) is 0.381. The van der Waals surface area contributed by atoms with Crippen LogP contribution in [-0.2, 0) is 6.42 Å². The third-order valence-electron chi connectivity index (χ3n) is 5.58. The lowest BCUT2D eigenvalue weighted by Gasteiger charge is -2.31. The van der Waals surface area contributed by atoms with Crippen molar-refractivity contribution in [3.63, 3.8) is 0 Å². The minimum atomic E-state index is -0.410. The van der Waals surface area contributed by atoms with E-state index < -0.39 is 4.92 Å². The van der Waals surface area contributed by atoms with Crippen LogP contribution in [0.2, 0.25) is 0 Å². The number of nitro groups is 1. The van der Waals surface area contributed by atoms with Crippen LogP contribution >= 0.6 is 0 Å². The van der Waals surface area contributed by atoms with Gasteiger partial charge in [-0.2, -0.15) is 0 Å². The normalized spacial score (nSPS) is 14.8. The summed E-state index contributed by atoms with van der Waals surface area (Å²) in [4.78, 5) is 25.8. The Labute approximate surface area is 173 Å². The molecule has 0 unspecified atom stereocenters. The number of nitro benzene ring substituents is 1. The minimum Gasteiger partial charge on any atom is -0.366 e. The molecule has 9 nitrogen and oxygen atoms in total. The second-order valence-electron chi connectivity index (χ2n) is 7.68. The maximum atomic E-state index is 12.6. The summed E-state index contributed by atoms with van der Waals surface area (Å²) in [6, 6.07) is 10.4. The lowest BCUT2D eigenvalue weighted by Crippen LogP contribution is -2.33. The summed E-state index contributed by atoms with van der Waals surface area (Å²) in [5.74, 6) is 1.03. The number of nitrogens with zero attached hydrogens (tertiary/aromatic N) is 5. The van der Waals surface area contributed by atoms with Gasteiger partial charge in [-0.1, -0.05) is 13.0 Å². The molecule has 1 amide bonds. The Morgan fingerprint density at radius 3 is 2.80 bits per heavy atom. The molecule has 1 aliphatic rings. The standard InChI is InChI=1S/C21H24N6O3/c1-15-8-12-25(13-9-15)17-6-5-16(14-18(17)27(29)30)21(28)22-10-7-20-24-23-19-4-2-3-11-26(19)20/h2-6,11,14-15H,7-10,12-13H2,1H3,(H,22,28). The number of hydrogen-bond donors (Lipinski definition) is 1. The molecule has 9 heteroatoms. The van der Waals surface area contributed by atoms with Crippen LogP contribution in [0.5, 0.6) is 0 Å². The van der Waals surface area contributed by atoms with Gasteiger partial charge in [0.2, 0.25) is 0 Å². The van der Waals surface area contributed by atoms with Crippen LogP contribution in [-0.4, -0.2) is 45.1 Å². The monoisotopic (exact) mass is 408 g/mol. The SMILES string of the molecule is CC1CCN(c2ccc(C(=O)NCCc3nnc4ccccn34)cc2[N+](=O)[O-])CC1. The lowest BCUT2D eigenvalue weighted by molar-refractivity contribution is -0.384. The van der Waals surface area contributed by atoms with Crippen LogP contribution in [0, 0.1) is 16.0 Å². The molecule has 4 rings (SSSR count). The van der Waals surface area contributed by atoms with Crippen molar-refractivity contribution in [2.45, 2.75) is 26.2 Å². The average molecular weight is 408 g/mol. The number of amides is 1. The van der Waals surface area contributed by atoms with Crippen molar-refractivity contribution in [1.82, 2.24) is 19.9 Å². The number of fused-ring (bicyclic) bond motifs is 1. The van der Waals surface area contributed by atoms with Gasteiger partial charge in [-0.05, 0) is 43.0 Å². The fourth-order valence-electron chi connectivity index (χ4n) is 3.78. The summed E-state index contributed by atoms with van der Waals surface area (Å²) >= 11 is 0. The quantitative estimate of drug-likeness (QED) is 0.497. The number of aromatic nitrogens is 3. The van der Waals surface area contributed by atoms with Gasteiger partial charge in [0.25, 0.3) is 11.6 Å². The molecule has 0 atom stereocenters. The molecule has 1 fully saturated rings. The van der Waals surface area contributed by atoms with E-state index in [4.69, 9.17) is 0 Å². The first-order chi connectivity index (χ1) is 14.5. The Balaban J connectivity index is 1.43. The number of hydrogen-bond acceptors (Lipinski definition) is 6. The molecular formula is C21H24N6O3. The fourth-order valence-corrected chi connectivity index (χ4v) is 3.78. The highest BCUT2D eigenvalue weighted by Gasteiger charge is 2.24. The maximum Gasteiger partial charge on any atom is 0.293 e. The Bertz CT molecular complexity index is 1070. The Hall–Kier alpha value is -3.49. The average Bonchev–Trinajstić information content (AvgIpc) is 3.17. The van der Waals surface area contributed by atoms with Crippen LogP contribution < -0.4 is 10.2 Å². The van der Waals surface area contributed by atoms with Gasteiger partial charge >= 0.3 is 0 Å². The van der Waals surface area contributed by atoms with Crippen LogP contribution in [0.3, 0.4) is 0 Å². The smallest absolute Gasteiger partial charge is 0.293 e. The minimum absolute atomic E-state index is 0.0272. The summed E-state index contributed by atoms with van der Waals surface area (Å²) in [6.45, 7) is 4.13. The van der Waals surface area contributed by atoms with E-state index in [0.29, 0.717) is 24.6 Å². The van der Waals surface area contributed by atoms with Crippen molar-refractivity contribution in [3.8, 4) is 0 Å². The molecule has 3 heterocycles. The molecule has 1 aromatic carbocycles. The summed E-state index contributed by atoms with van der Waals surface area (Å²) < 4.78 is 1.87. The number of benzene rings is 1. The highest BCUT2D eigenvalue weighted by molar-refractivity contribution is 5.95. The first kappa shape index (κ1) is 19.8. The second kappa shape index (κ2) is 8.48. The summed E-state index contributed by atoms with van der Waals surface area (Å²) in [5.41, 5.74) is 1.58. The molecule has 0 bridgehead atoms. The second-order valence-corrected chi connectivity index (χ2v) is 7.68. The predicted molar refractivity (Wildman–Crippen MR) is 113 cm³/mol. The third kappa shape index (κ3) is 4.10. The van der Waals surface area contributed by atoms with Gasteiger partial charge in [0.15, 0.2) is 5.65 Å². The third-order valence-corrected chi connectivity index (χ3v) is 5.58. The van der Waals surface area contributed by atoms with Crippen molar-refractivity contribution < 1.29 is 9.72 Å². The topological polar surface area (TPSA) is 106 Å². The van der Waals surface area contributed by atoms with Crippen LogP contribution in [0.15, 0.2) is 42.6 Å². The maximum absolute atomic E-state index is 12.6. The van der Waals surface area contributed by atoms with E-state index in [0.717, 1.165) is 37.4 Å². The van der Waals surface area contributed by atoms with Gasteiger partial charge in [0, 0.05) is 43.9 Å². The van der Waals surface area contributed by atoms with Crippen LogP contribution in [0.4, 0.5) is 11.4 Å². The van der Waals surface area contributed by atoms with E-state index in [-0.39, 0.29) is 17.2 Å². The van der Waals surface area contributed by atoms with E-state index in [9.17, 15) is 14.9 Å². The van der Waals surface area contributed by atoms with E-state index >= 15 is 0 Å². The number of nitrogens with one attached hydrogen (secondary N) is 1. The predicted octanol–water partition coefficient (Wildman–Crippen LogP) is 2.85. The number of rotatable bonds is 6. The zero-order chi connectivity index (χ0) is 21.1. The Morgan fingerprint density at radius 1 is 1.23 bits per heavy atom. The largest absolute Gasteiger partial charge is 0.366 e. The molecule has 3 aromatic rings. The van der Waals surface area contributed by atoms with Crippen molar-refractivity contribution in [3.05, 3.63) is 64.1 Å². The van der Waals surface area contributed by atoms with E-state index in [1.807, 2.05) is 33.7 Å². The zero-order valence-corrected chi connectivity index (χ0v) is 16.8. The van der Waals surface area contributed by atoms with Crippen LogP contribution in [0.1, 0.15) is 35.9 Å². The number of piperidine rings is 1. The van der Waals surface area contributed by atoms with Gasteiger partial charge < -0.3 is 10.2 Å². The number of pyridine rings is 1. The Kier molecular flexibility index (Phi) is 5.60. The van der Waals surface area contributed by atoms with Gasteiger partial charge in [0.05, 0.1) is 4.92 Å². The Morgan fingerprint density at radius 2 is 2.03 bits per heavy atom.